The van der Waals surface area contributed by atoms with E-state index in [1.54, 1.807) is 0 Å². The Hall–Kier alpha value is -1.55. The van der Waals surface area contributed by atoms with Crippen molar-refractivity contribution >= 4 is 5.96 Å². The topological polar surface area (TPSA) is 36.9 Å². The predicted molar refractivity (Wildman–Crippen MR) is 78.2 cm³/mol. The van der Waals surface area contributed by atoms with Crippen molar-refractivity contribution in [1.82, 2.24) is 10.2 Å². The molecule has 1 aliphatic rings. The molecule has 1 atom stereocenters. The third-order valence-corrected chi connectivity index (χ3v) is 3.35. The van der Waals surface area contributed by atoms with Crippen LogP contribution in [0, 0.1) is 0 Å². The number of rotatable bonds is 4. The molecular formula is C15H23N3O. The Bertz CT molecular complexity index is 399. The number of benzene rings is 1. The molecule has 4 nitrogen and oxygen atoms in total. The van der Waals surface area contributed by atoms with Gasteiger partial charge in [0.1, 0.15) is 0 Å². The van der Waals surface area contributed by atoms with Crippen molar-refractivity contribution in [1.29, 1.82) is 0 Å². The molecule has 1 aliphatic heterocycles. The predicted octanol–water partition coefficient (Wildman–Crippen LogP) is 1.87. The van der Waals surface area contributed by atoms with Crippen molar-refractivity contribution in [3.8, 4) is 0 Å². The highest BCUT2D eigenvalue weighted by molar-refractivity contribution is 5.79. The summed E-state index contributed by atoms with van der Waals surface area (Å²) in [5, 5.41) is 3.38. The zero-order valence-corrected chi connectivity index (χ0v) is 11.8. The lowest BCUT2D eigenvalue weighted by molar-refractivity contribution is 0.113. The molecule has 1 aromatic carbocycles. The van der Waals surface area contributed by atoms with E-state index in [1.807, 2.05) is 13.1 Å². The zero-order valence-electron chi connectivity index (χ0n) is 11.8. The Labute approximate surface area is 115 Å². The normalized spacial score (nSPS) is 19.5. The number of aliphatic imine (C=N–C) groups is 1. The average Bonchev–Trinajstić information content (AvgIpc) is 2.94. The number of hydrogen-bond donors (Lipinski definition) is 1. The van der Waals surface area contributed by atoms with Gasteiger partial charge in [0.05, 0.1) is 6.10 Å². The van der Waals surface area contributed by atoms with Crippen LogP contribution in [0.2, 0.25) is 0 Å². The van der Waals surface area contributed by atoms with E-state index in [9.17, 15) is 0 Å². The molecule has 0 aromatic heterocycles. The summed E-state index contributed by atoms with van der Waals surface area (Å²) in [4.78, 5) is 6.45. The zero-order chi connectivity index (χ0) is 13.5. The number of ether oxygens (including phenoxy) is 1. The van der Waals surface area contributed by atoms with Crippen LogP contribution in [0.5, 0.6) is 0 Å². The number of nitrogens with one attached hydrogen (secondary N) is 1. The Morgan fingerprint density at radius 1 is 1.42 bits per heavy atom. The maximum Gasteiger partial charge on any atom is 0.193 e. The highest BCUT2D eigenvalue weighted by atomic mass is 16.5. The minimum absolute atomic E-state index is 0.335. The van der Waals surface area contributed by atoms with Crippen LogP contribution in [0.25, 0.3) is 0 Å². The summed E-state index contributed by atoms with van der Waals surface area (Å²) in [6.45, 7) is 2.59. The van der Waals surface area contributed by atoms with Crippen LogP contribution in [-0.2, 0) is 11.3 Å². The molecular weight excluding hydrogens is 238 g/mol. The minimum Gasteiger partial charge on any atom is -0.376 e. The van der Waals surface area contributed by atoms with Gasteiger partial charge in [-0.3, -0.25) is 4.99 Å². The Kier molecular flexibility index (Phi) is 5.21. The summed E-state index contributed by atoms with van der Waals surface area (Å²) in [5.74, 6) is 0.916. The van der Waals surface area contributed by atoms with Crippen molar-refractivity contribution in [2.75, 3.05) is 27.2 Å². The second kappa shape index (κ2) is 7.14. The van der Waals surface area contributed by atoms with Crippen molar-refractivity contribution in [3.63, 3.8) is 0 Å². The summed E-state index contributed by atoms with van der Waals surface area (Å²) in [7, 11) is 3.87. The molecule has 4 heteroatoms. The van der Waals surface area contributed by atoms with Gasteiger partial charge in [0.2, 0.25) is 0 Å². The van der Waals surface area contributed by atoms with Crippen molar-refractivity contribution in [3.05, 3.63) is 35.9 Å². The molecule has 1 fully saturated rings. The van der Waals surface area contributed by atoms with E-state index in [0.717, 1.165) is 32.1 Å². The van der Waals surface area contributed by atoms with Crippen molar-refractivity contribution < 1.29 is 4.74 Å². The van der Waals surface area contributed by atoms with Gasteiger partial charge in [-0.15, -0.1) is 0 Å². The number of guanidine groups is 1. The van der Waals surface area contributed by atoms with E-state index in [1.165, 1.54) is 12.0 Å². The Morgan fingerprint density at radius 3 is 2.84 bits per heavy atom. The Morgan fingerprint density at radius 2 is 2.21 bits per heavy atom. The quantitative estimate of drug-likeness (QED) is 0.664. The second-order valence-corrected chi connectivity index (χ2v) is 4.90. The first-order chi connectivity index (χ1) is 9.29. The van der Waals surface area contributed by atoms with E-state index in [4.69, 9.17) is 4.74 Å². The molecule has 19 heavy (non-hydrogen) atoms. The first-order valence-corrected chi connectivity index (χ1v) is 6.87. The van der Waals surface area contributed by atoms with E-state index in [2.05, 4.69) is 46.5 Å². The van der Waals surface area contributed by atoms with Gasteiger partial charge < -0.3 is 15.0 Å². The molecule has 0 radical (unpaired) electrons. The van der Waals surface area contributed by atoms with Crippen LogP contribution < -0.4 is 5.32 Å². The smallest absolute Gasteiger partial charge is 0.193 e. The SMILES string of the molecule is CN=C(NCC1CCCO1)N(C)Cc1ccccc1. The number of hydrogen-bond acceptors (Lipinski definition) is 2. The van der Waals surface area contributed by atoms with Gasteiger partial charge in [0.15, 0.2) is 5.96 Å². The van der Waals surface area contributed by atoms with Gasteiger partial charge in [-0.25, -0.2) is 0 Å². The molecule has 1 N–H and O–H groups in total. The maximum absolute atomic E-state index is 5.61. The van der Waals surface area contributed by atoms with Gasteiger partial charge in [-0.1, -0.05) is 30.3 Å². The molecule has 1 unspecified atom stereocenters. The molecule has 104 valence electrons. The van der Waals surface area contributed by atoms with E-state index in [-0.39, 0.29) is 0 Å². The van der Waals surface area contributed by atoms with Crippen LogP contribution in [0.15, 0.2) is 35.3 Å². The lowest BCUT2D eigenvalue weighted by Gasteiger charge is -2.23. The van der Waals surface area contributed by atoms with Crippen LogP contribution in [0.1, 0.15) is 18.4 Å². The largest absolute Gasteiger partial charge is 0.376 e. The maximum atomic E-state index is 5.61. The Balaban J connectivity index is 1.83. The van der Waals surface area contributed by atoms with E-state index < -0.39 is 0 Å². The third kappa shape index (κ3) is 4.24. The van der Waals surface area contributed by atoms with Crippen molar-refractivity contribution in [2.45, 2.75) is 25.5 Å². The van der Waals surface area contributed by atoms with Crippen LogP contribution >= 0.6 is 0 Å². The molecule has 0 aliphatic carbocycles. The van der Waals surface area contributed by atoms with Crippen LogP contribution in [0.3, 0.4) is 0 Å². The van der Waals surface area contributed by atoms with Gasteiger partial charge in [0, 0.05) is 33.8 Å². The van der Waals surface area contributed by atoms with Gasteiger partial charge in [-0.05, 0) is 18.4 Å². The fourth-order valence-corrected chi connectivity index (χ4v) is 2.33. The first kappa shape index (κ1) is 13.9. The summed E-state index contributed by atoms with van der Waals surface area (Å²) >= 11 is 0. The molecule has 2 rings (SSSR count). The molecule has 1 saturated heterocycles. The molecule has 0 bridgehead atoms. The summed E-state index contributed by atoms with van der Waals surface area (Å²) in [6.07, 6.45) is 2.65. The monoisotopic (exact) mass is 261 g/mol. The summed E-state index contributed by atoms with van der Waals surface area (Å²) < 4.78 is 5.61. The summed E-state index contributed by atoms with van der Waals surface area (Å²) in [6, 6.07) is 10.4. The standard InChI is InChI=1S/C15H23N3O/c1-16-15(17-11-14-9-6-10-19-14)18(2)12-13-7-4-3-5-8-13/h3-5,7-8,14H,6,9-12H2,1-2H3,(H,16,17). The number of nitrogens with zero attached hydrogens (tertiary/aromatic N) is 2. The minimum atomic E-state index is 0.335. The first-order valence-electron chi connectivity index (χ1n) is 6.87. The third-order valence-electron chi connectivity index (χ3n) is 3.35. The molecule has 1 heterocycles. The lowest BCUT2D eigenvalue weighted by atomic mass is 10.2. The van der Waals surface area contributed by atoms with Gasteiger partial charge >= 0.3 is 0 Å². The lowest BCUT2D eigenvalue weighted by Crippen LogP contribution is -2.41. The molecule has 0 amide bonds. The van der Waals surface area contributed by atoms with Crippen LogP contribution in [-0.4, -0.2) is 44.2 Å². The van der Waals surface area contributed by atoms with Crippen molar-refractivity contribution in [2.24, 2.45) is 4.99 Å². The van der Waals surface area contributed by atoms with E-state index in [0.29, 0.717) is 6.10 Å². The molecule has 1 aromatic rings. The van der Waals surface area contributed by atoms with E-state index >= 15 is 0 Å². The molecule has 0 saturated carbocycles. The fourth-order valence-electron chi connectivity index (χ4n) is 2.33. The van der Waals surface area contributed by atoms with Gasteiger partial charge in [-0.2, -0.15) is 0 Å². The average molecular weight is 261 g/mol. The van der Waals surface area contributed by atoms with Crippen LogP contribution in [0.4, 0.5) is 0 Å². The molecule has 0 spiro atoms. The highest BCUT2D eigenvalue weighted by Gasteiger charge is 2.16. The second-order valence-electron chi connectivity index (χ2n) is 4.90. The van der Waals surface area contributed by atoms with Gasteiger partial charge in [0.25, 0.3) is 0 Å². The highest BCUT2D eigenvalue weighted by Crippen LogP contribution is 2.10. The fraction of sp³-hybridized carbons (Fsp3) is 0.533. The summed E-state index contributed by atoms with van der Waals surface area (Å²) in [5.41, 5.74) is 1.28.